The Morgan fingerprint density at radius 1 is 0.309 bits per heavy atom. The fourth-order valence-electron chi connectivity index (χ4n) is 9.08. The number of esters is 4. The van der Waals surface area contributed by atoms with Gasteiger partial charge in [-0.25, -0.2) is 9.13 Å². The summed E-state index contributed by atoms with van der Waals surface area (Å²) < 4.78 is 67.8. The first kappa shape index (κ1) is 79.1. The van der Waals surface area contributed by atoms with E-state index < -0.39 is 97.5 Å². The Hall–Kier alpha value is -1.94. The summed E-state index contributed by atoms with van der Waals surface area (Å²) in [4.78, 5) is 72.1. The highest BCUT2D eigenvalue weighted by molar-refractivity contribution is 7.47. The molecule has 19 heteroatoms. The summed E-state index contributed by atoms with van der Waals surface area (Å²) in [6, 6.07) is 0. The number of phosphoric acid groups is 2. The topological polar surface area (TPSA) is 237 Å². The Kier molecular flexibility index (Phi) is 51.1. The van der Waals surface area contributed by atoms with Crippen molar-refractivity contribution in [1.29, 1.82) is 0 Å². The van der Waals surface area contributed by atoms with Crippen molar-refractivity contribution >= 4 is 39.5 Å². The second-order valence-corrected chi connectivity index (χ2v) is 27.3. The van der Waals surface area contributed by atoms with Crippen LogP contribution in [0.15, 0.2) is 0 Å². The van der Waals surface area contributed by atoms with E-state index >= 15 is 0 Å². The zero-order valence-electron chi connectivity index (χ0n) is 52.4. The lowest BCUT2D eigenvalue weighted by Crippen LogP contribution is -2.30. The van der Waals surface area contributed by atoms with E-state index in [0.717, 1.165) is 109 Å². The molecule has 3 N–H and O–H groups in total. The van der Waals surface area contributed by atoms with E-state index in [2.05, 4.69) is 55.4 Å². The minimum absolute atomic E-state index is 0.102. The van der Waals surface area contributed by atoms with E-state index in [4.69, 9.17) is 37.0 Å². The largest absolute Gasteiger partial charge is 0.472 e. The number of carbonyl (C=O) groups is 4. The molecule has 3 unspecified atom stereocenters. The van der Waals surface area contributed by atoms with Crippen molar-refractivity contribution in [3.8, 4) is 0 Å². The molecule has 0 aromatic carbocycles. The predicted octanol–water partition coefficient (Wildman–Crippen LogP) is 16.6. The Labute approximate surface area is 492 Å². The summed E-state index contributed by atoms with van der Waals surface area (Å²) in [6.07, 6.45) is 31.1. The first-order chi connectivity index (χ1) is 38.6. The van der Waals surface area contributed by atoms with Gasteiger partial charge in [0.05, 0.1) is 26.4 Å². The van der Waals surface area contributed by atoms with Crippen molar-refractivity contribution in [3.63, 3.8) is 0 Å². The van der Waals surface area contributed by atoms with Crippen LogP contribution < -0.4 is 0 Å². The van der Waals surface area contributed by atoms with Crippen LogP contribution in [0, 0.1) is 23.7 Å². The Balaban J connectivity index is 5.25. The van der Waals surface area contributed by atoms with Crippen molar-refractivity contribution in [2.24, 2.45) is 23.7 Å². The summed E-state index contributed by atoms with van der Waals surface area (Å²) in [6.45, 7) is 13.8. The smallest absolute Gasteiger partial charge is 0.462 e. The fraction of sp³-hybridized carbons (Fsp3) is 0.935. The van der Waals surface area contributed by atoms with Gasteiger partial charge < -0.3 is 33.8 Å². The zero-order chi connectivity index (χ0) is 60.4. The van der Waals surface area contributed by atoms with Gasteiger partial charge in [0, 0.05) is 25.7 Å². The van der Waals surface area contributed by atoms with Crippen LogP contribution in [0.2, 0.25) is 0 Å². The molecular formula is C62H120O17P2. The number of aliphatic hydroxyl groups is 1. The first-order valence-corrected chi connectivity index (χ1v) is 35.2. The van der Waals surface area contributed by atoms with E-state index in [1.165, 1.54) is 83.5 Å². The van der Waals surface area contributed by atoms with E-state index in [1.54, 1.807) is 0 Å². The molecule has 5 atom stereocenters. The van der Waals surface area contributed by atoms with Gasteiger partial charge in [-0.15, -0.1) is 0 Å². The molecular weight excluding hydrogens is 1080 g/mol. The summed E-state index contributed by atoms with van der Waals surface area (Å²) in [5.41, 5.74) is 0. The molecule has 0 radical (unpaired) electrons. The van der Waals surface area contributed by atoms with Crippen LogP contribution in [-0.2, 0) is 65.4 Å². The van der Waals surface area contributed by atoms with Gasteiger partial charge in [-0.1, -0.05) is 242 Å². The molecule has 0 amide bonds. The molecule has 17 nitrogen and oxygen atoms in total. The van der Waals surface area contributed by atoms with Gasteiger partial charge in [-0.2, -0.15) is 0 Å². The highest BCUT2D eigenvalue weighted by atomic mass is 31.2. The maximum absolute atomic E-state index is 12.9. The van der Waals surface area contributed by atoms with Crippen LogP contribution >= 0.6 is 15.6 Å². The second kappa shape index (κ2) is 52.4. The molecule has 0 saturated carbocycles. The molecule has 480 valence electrons. The van der Waals surface area contributed by atoms with E-state index in [1.807, 2.05) is 0 Å². The minimum atomic E-state index is -4.94. The van der Waals surface area contributed by atoms with Crippen LogP contribution in [0.3, 0.4) is 0 Å². The molecule has 0 aromatic heterocycles. The van der Waals surface area contributed by atoms with Crippen molar-refractivity contribution < 1.29 is 80.2 Å². The highest BCUT2D eigenvalue weighted by Gasteiger charge is 2.30. The van der Waals surface area contributed by atoms with E-state index in [-0.39, 0.29) is 25.7 Å². The van der Waals surface area contributed by atoms with Gasteiger partial charge in [0.15, 0.2) is 12.2 Å². The number of rotatable bonds is 59. The fourth-order valence-corrected chi connectivity index (χ4v) is 10.7. The van der Waals surface area contributed by atoms with Gasteiger partial charge >= 0.3 is 39.5 Å². The number of carbonyl (C=O) groups excluding carboxylic acids is 4. The van der Waals surface area contributed by atoms with E-state index in [0.29, 0.717) is 43.4 Å². The molecule has 0 saturated heterocycles. The van der Waals surface area contributed by atoms with Crippen LogP contribution in [0.1, 0.15) is 293 Å². The van der Waals surface area contributed by atoms with Crippen LogP contribution in [0.4, 0.5) is 0 Å². The number of phosphoric ester groups is 2. The third-order valence-corrected chi connectivity index (χ3v) is 16.0. The lowest BCUT2D eigenvalue weighted by atomic mass is 10.0. The standard InChI is InChI=1S/C62H120O17P2/c1-52(2)38-30-22-14-10-9-11-17-28-36-44-61(66)78-58(49-73-60(65)43-35-27-21-20-25-33-41-55(7)8)51-77-81(70,71)75-47-56(63)46-74-80(68,69)76-50-57(79-62(67)45-37-29-19-13-16-24-32-40-54(5)6)48-72-59(64)42-34-26-18-12-15-23-31-39-53(3)4/h52-58,63H,9-51H2,1-8H3,(H,68,69)(H,70,71)/t56?,57-,58-/m1/s1. The Morgan fingerprint density at radius 2 is 0.519 bits per heavy atom. The van der Waals surface area contributed by atoms with Crippen LogP contribution in [0.25, 0.3) is 0 Å². The number of unbranched alkanes of at least 4 members (excludes halogenated alkanes) is 25. The molecule has 0 rings (SSSR count). The van der Waals surface area contributed by atoms with Crippen molar-refractivity contribution in [1.82, 2.24) is 0 Å². The normalized spacial score (nSPS) is 14.5. The van der Waals surface area contributed by atoms with Crippen LogP contribution in [-0.4, -0.2) is 96.7 Å². The number of aliphatic hydroxyl groups excluding tert-OH is 1. The maximum atomic E-state index is 12.9. The molecule has 81 heavy (non-hydrogen) atoms. The molecule has 0 aliphatic rings. The molecule has 0 fully saturated rings. The van der Waals surface area contributed by atoms with Gasteiger partial charge in [-0.05, 0) is 49.4 Å². The lowest BCUT2D eigenvalue weighted by Gasteiger charge is -2.21. The zero-order valence-corrected chi connectivity index (χ0v) is 54.2. The number of hydrogen-bond donors (Lipinski definition) is 3. The third kappa shape index (κ3) is 56.9. The highest BCUT2D eigenvalue weighted by Crippen LogP contribution is 2.45. The van der Waals surface area contributed by atoms with Gasteiger partial charge in [0.2, 0.25) is 0 Å². The van der Waals surface area contributed by atoms with E-state index in [9.17, 15) is 43.2 Å². The molecule has 0 aromatic rings. The number of ether oxygens (including phenoxy) is 4. The average molecular weight is 1200 g/mol. The monoisotopic (exact) mass is 1200 g/mol. The van der Waals surface area contributed by atoms with Crippen molar-refractivity contribution in [3.05, 3.63) is 0 Å². The quantitative estimate of drug-likeness (QED) is 0.0222. The minimum Gasteiger partial charge on any atom is -0.462 e. The average Bonchev–Trinajstić information content (AvgIpc) is 3.40. The van der Waals surface area contributed by atoms with Gasteiger partial charge in [0.1, 0.15) is 19.3 Å². The molecule has 0 aliphatic heterocycles. The van der Waals surface area contributed by atoms with Gasteiger partial charge in [-0.3, -0.25) is 37.3 Å². The van der Waals surface area contributed by atoms with Gasteiger partial charge in [0.25, 0.3) is 0 Å². The van der Waals surface area contributed by atoms with Crippen LogP contribution in [0.5, 0.6) is 0 Å². The summed E-state index contributed by atoms with van der Waals surface area (Å²) >= 11 is 0. The Bertz CT molecular complexity index is 1630. The lowest BCUT2D eigenvalue weighted by molar-refractivity contribution is -0.161. The Morgan fingerprint density at radius 3 is 0.765 bits per heavy atom. The third-order valence-electron chi connectivity index (χ3n) is 14.1. The summed E-state index contributed by atoms with van der Waals surface area (Å²) in [5.74, 6) is 0.671. The SMILES string of the molecule is CC(C)CCCCCCCCCCCC(=O)O[C@H](COC(=O)CCCCCCCCC(C)C)COP(=O)(O)OCC(O)COP(=O)(O)OC[C@@H](COC(=O)CCCCCCCCCC(C)C)OC(=O)CCCCCCCCCC(C)C. The summed E-state index contributed by atoms with van der Waals surface area (Å²) in [7, 11) is -9.88. The van der Waals surface area contributed by atoms with Crippen molar-refractivity contribution in [2.45, 2.75) is 311 Å². The number of hydrogen-bond acceptors (Lipinski definition) is 15. The first-order valence-electron chi connectivity index (χ1n) is 32.2. The maximum Gasteiger partial charge on any atom is 0.472 e. The summed E-state index contributed by atoms with van der Waals surface area (Å²) in [5, 5.41) is 10.5. The van der Waals surface area contributed by atoms with Crippen molar-refractivity contribution in [2.75, 3.05) is 39.6 Å². The molecule has 0 spiro atoms. The second-order valence-electron chi connectivity index (χ2n) is 24.3. The molecule has 0 bridgehead atoms. The molecule has 0 aliphatic carbocycles. The molecule has 0 heterocycles. The predicted molar refractivity (Wildman–Crippen MR) is 321 cm³/mol.